The molecule has 0 atom stereocenters. The average molecular weight is 184 g/mol. The number of aromatic nitrogens is 2. The number of aryl methyl sites for hydroxylation is 2. The van der Waals surface area contributed by atoms with Gasteiger partial charge in [-0.05, 0) is 13.3 Å². The fraction of sp³-hybridized carbons (Fsp3) is 0.667. The molecule has 0 aliphatic carbocycles. The SMILES string of the molecule is CCc1nn(CC)cc1OCCO. The maximum absolute atomic E-state index is 8.60. The lowest BCUT2D eigenvalue weighted by molar-refractivity contribution is 0.200. The van der Waals surface area contributed by atoms with Crippen molar-refractivity contribution in [2.75, 3.05) is 13.2 Å². The number of hydrogen-bond acceptors (Lipinski definition) is 3. The van der Waals surface area contributed by atoms with Crippen molar-refractivity contribution in [3.05, 3.63) is 11.9 Å². The van der Waals surface area contributed by atoms with Crippen LogP contribution >= 0.6 is 0 Å². The van der Waals surface area contributed by atoms with Gasteiger partial charge in [0, 0.05) is 6.54 Å². The first-order valence-corrected chi connectivity index (χ1v) is 4.61. The molecule has 0 bridgehead atoms. The first-order chi connectivity index (χ1) is 6.31. The van der Waals surface area contributed by atoms with Gasteiger partial charge < -0.3 is 9.84 Å². The van der Waals surface area contributed by atoms with E-state index in [1.807, 2.05) is 24.7 Å². The molecule has 1 N–H and O–H groups in total. The van der Waals surface area contributed by atoms with Crippen LogP contribution in [0.4, 0.5) is 0 Å². The lowest BCUT2D eigenvalue weighted by Crippen LogP contribution is -2.02. The van der Waals surface area contributed by atoms with Gasteiger partial charge in [-0.25, -0.2) is 0 Å². The molecule has 0 saturated heterocycles. The quantitative estimate of drug-likeness (QED) is 0.737. The summed E-state index contributed by atoms with van der Waals surface area (Å²) in [7, 11) is 0. The van der Waals surface area contributed by atoms with E-state index in [4.69, 9.17) is 9.84 Å². The minimum atomic E-state index is 0.0421. The molecule has 0 radical (unpaired) electrons. The summed E-state index contributed by atoms with van der Waals surface area (Å²) >= 11 is 0. The first-order valence-electron chi connectivity index (χ1n) is 4.61. The molecule has 1 aromatic rings. The second-order valence-electron chi connectivity index (χ2n) is 2.72. The molecule has 1 heterocycles. The lowest BCUT2D eigenvalue weighted by Gasteiger charge is -2.01. The lowest BCUT2D eigenvalue weighted by atomic mass is 10.3. The Kier molecular flexibility index (Phi) is 3.76. The van der Waals surface area contributed by atoms with Gasteiger partial charge in [0.25, 0.3) is 0 Å². The zero-order valence-corrected chi connectivity index (χ0v) is 8.16. The Labute approximate surface area is 78.1 Å². The van der Waals surface area contributed by atoms with Crippen molar-refractivity contribution in [2.24, 2.45) is 0 Å². The summed E-state index contributed by atoms with van der Waals surface area (Å²) in [5.74, 6) is 0.790. The number of aliphatic hydroxyl groups excluding tert-OH is 1. The van der Waals surface area contributed by atoms with Gasteiger partial charge in [0.1, 0.15) is 12.3 Å². The van der Waals surface area contributed by atoms with Crippen LogP contribution in [-0.4, -0.2) is 28.1 Å². The Balaban J connectivity index is 2.71. The highest BCUT2D eigenvalue weighted by Crippen LogP contribution is 2.16. The summed E-state index contributed by atoms with van der Waals surface area (Å²) in [6.07, 6.45) is 2.72. The normalized spacial score (nSPS) is 10.4. The van der Waals surface area contributed by atoms with Crippen molar-refractivity contribution in [1.82, 2.24) is 9.78 Å². The van der Waals surface area contributed by atoms with Crippen molar-refractivity contribution < 1.29 is 9.84 Å². The second-order valence-corrected chi connectivity index (χ2v) is 2.72. The molecule has 13 heavy (non-hydrogen) atoms. The van der Waals surface area contributed by atoms with E-state index in [0.29, 0.717) is 6.61 Å². The predicted molar refractivity (Wildman–Crippen MR) is 49.9 cm³/mol. The van der Waals surface area contributed by atoms with E-state index in [9.17, 15) is 0 Å². The van der Waals surface area contributed by atoms with Crippen LogP contribution < -0.4 is 4.74 Å². The molecular formula is C9H16N2O2. The molecule has 0 spiro atoms. The first kappa shape index (κ1) is 10.1. The summed E-state index contributed by atoms with van der Waals surface area (Å²) in [5, 5.41) is 12.9. The number of rotatable bonds is 5. The monoisotopic (exact) mass is 184 g/mol. The second kappa shape index (κ2) is 4.87. The van der Waals surface area contributed by atoms with Crippen LogP contribution in [0.15, 0.2) is 6.20 Å². The zero-order chi connectivity index (χ0) is 9.68. The standard InChI is InChI=1S/C9H16N2O2/c1-3-8-9(13-6-5-12)7-11(4-2)10-8/h7,12H,3-6H2,1-2H3. The Bertz CT molecular complexity index is 258. The van der Waals surface area contributed by atoms with Crippen LogP contribution in [0.3, 0.4) is 0 Å². The fourth-order valence-electron chi connectivity index (χ4n) is 1.13. The molecule has 0 amide bonds. The van der Waals surface area contributed by atoms with Crippen LogP contribution in [0.5, 0.6) is 5.75 Å². The Hall–Kier alpha value is -1.03. The molecule has 0 aliphatic heterocycles. The van der Waals surface area contributed by atoms with Gasteiger partial charge in [-0.1, -0.05) is 6.92 Å². The highest BCUT2D eigenvalue weighted by molar-refractivity contribution is 5.24. The van der Waals surface area contributed by atoms with Gasteiger partial charge in [0.05, 0.1) is 12.8 Å². The molecule has 0 aliphatic rings. The number of nitrogens with zero attached hydrogens (tertiary/aromatic N) is 2. The number of hydrogen-bond donors (Lipinski definition) is 1. The van der Waals surface area contributed by atoms with Crippen LogP contribution in [0.1, 0.15) is 19.5 Å². The Morgan fingerprint density at radius 2 is 2.31 bits per heavy atom. The number of ether oxygens (including phenoxy) is 1. The van der Waals surface area contributed by atoms with Crippen molar-refractivity contribution in [1.29, 1.82) is 0 Å². The molecule has 0 fully saturated rings. The summed E-state index contributed by atoms with van der Waals surface area (Å²) in [6, 6.07) is 0. The molecule has 1 rings (SSSR count). The Morgan fingerprint density at radius 1 is 1.54 bits per heavy atom. The maximum Gasteiger partial charge on any atom is 0.160 e. The zero-order valence-electron chi connectivity index (χ0n) is 8.16. The van der Waals surface area contributed by atoms with E-state index in [2.05, 4.69) is 5.10 Å². The molecule has 4 heteroatoms. The van der Waals surface area contributed by atoms with Crippen LogP contribution in [-0.2, 0) is 13.0 Å². The van der Waals surface area contributed by atoms with E-state index in [-0.39, 0.29) is 6.61 Å². The Morgan fingerprint density at radius 3 is 2.85 bits per heavy atom. The largest absolute Gasteiger partial charge is 0.488 e. The minimum absolute atomic E-state index is 0.0421. The highest BCUT2D eigenvalue weighted by atomic mass is 16.5. The van der Waals surface area contributed by atoms with E-state index < -0.39 is 0 Å². The third-order valence-corrected chi connectivity index (χ3v) is 1.81. The molecule has 0 aromatic carbocycles. The van der Waals surface area contributed by atoms with E-state index in [1.165, 1.54) is 0 Å². The molecular weight excluding hydrogens is 168 g/mol. The molecule has 0 unspecified atom stereocenters. The summed E-state index contributed by atoms with van der Waals surface area (Å²) in [4.78, 5) is 0. The van der Waals surface area contributed by atoms with Gasteiger partial charge in [-0.15, -0.1) is 0 Å². The topological polar surface area (TPSA) is 47.3 Å². The van der Waals surface area contributed by atoms with Crippen LogP contribution in [0, 0.1) is 0 Å². The van der Waals surface area contributed by atoms with Gasteiger partial charge in [0.2, 0.25) is 0 Å². The maximum atomic E-state index is 8.60. The summed E-state index contributed by atoms with van der Waals surface area (Å²) in [6.45, 7) is 5.29. The highest BCUT2D eigenvalue weighted by Gasteiger charge is 2.06. The third-order valence-electron chi connectivity index (χ3n) is 1.81. The number of aliphatic hydroxyl groups is 1. The predicted octanol–water partition coefficient (Wildman–Crippen LogP) is 0.837. The minimum Gasteiger partial charge on any atom is -0.488 e. The van der Waals surface area contributed by atoms with Gasteiger partial charge in [-0.2, -0.15) is 5.10 Å². The van der Waals surface area contributed by atoms with Crippen molar-refractivity contribution in [2.45, 2.75) is 26.8 Å². The summed E-state index contributed by atoms with van der Waals surface area (Å²) in [5.41, 5.74) is 0.954. The smallest absolute Gasteiger partial charge is 0.160 e. The van der Waals surface area contributed by atoms with Crippen molar-refractivity contribution in [3.63, 3.8) is 0 Å². The molecule has 4 nitrogen and oxygen atoms in total. The van der Waals surface area contributed by atoms with Crippen LogP contribution in [0.2, 0.25) is 0 Å². The average Bonchev–Trinajstić information content (AvgIpc) is 2.57. The third kappa shape index (κ3) is 2.45. The summed E-state index contributed by atoms with van der Waals surface area (Å²) < 4.78 is 7.17. The van der Waals surface area contributed by atoms with Gasteiger partial charge in [0.15, 0.2) is 5.75 Å². The van der Waals surface area contributed by atoms with Crippen molar-refractivity contribution in [3.8, 4) is 5.75 Å². The van der Waals surface area contributed by atoms with Crippen LogP contribution in [0.25, 0.3) is 0 Å². The van der Waals surface area contributed by atoms with Gasteiger partial charge >= 0.3 is 0 Å². The fourth-order valence-corrected chi connectivity index (χ4v) is 1.13. The molecule has 74 valence electrons. The van der Waals surface area contributed by atoms with Crippen molar-refractivity contribution >= 4 is 0 Å². The van der Waals surface area contributed by atoms with E-state index in [1.54, 1.807) is 0 Å². The molecule has 0 saturated carbocycles. The van der Waals surface area contributed by atoms with Gasteiger partial charge in [-0.3, -0.25) is 4.68 Å². The van der Waals surface area contributed by atoms with E-state index in [0.717, 1.165) is 24.4 Å². The van der Waals surface area contributed by atoms with E-state index >= 15 is 0 Å². The molecule has 1 aromatic heterocycles.